The normalized spacial score (nSPS) is 14.4. The Kier molecular flexibility index (Phi) is 6.68. The van der Waals surface area contributed by atoms with E-state index in [4.69, 9.17) is 16.4 Å². The Morgan fingerprint density at radius 2 is 1.74 bits per heavy atom. The van der Waals surface area contributed by atoms with Gasteiger partial charge in [-0.05, 0) is 18.2 Å². The Hall–Kier alpha value is -3.13. The summed E-state index contributed by atoms with van der Waals surface area (Å²) in [4.78, 5) is 30.0. The lowest BCUT2D eigenvalue weighted by molar-refractivity contribution is -0.143. The van der Waals surface area contributed by atoms with Crippen LogP contribution in [-0.4, -0.2) is 25.7 Å². The number of amides is 3. The van der Waals surface area contributed by atoms with E-state index in [1.165, 1.54) is 0 Å². The van der Waals surface area contributed by atoms with Gasteiger partial charge in [-0.3, -0.25) is 4.79 Å². The average Bonchev–Trinajstić information content (AvgIpc) is 3.14. The molecule has 34 heavy (non-hydrogen) atoms. The molecular weight excluding hydrogens is 506 g/mol. The van der Waals surface area contributed by atoms with Crippen molar-refractivity contribution < 1.29 is 49.5 Å². The quantitative estimate of drug-likeness (QED) is 0.443. The highest BCUT2D eigenvalue weighted by atomic mass is 35.5. The van der Waals surface area contributed by atoms with Crippen LogP contribution in [0.1, 0.15) is 16.7 Å². The number of rotatable bonds is 4. The largest absolute Gasteiger partial charge is 0.416 e. The zero-order valence-corrected chi connectivity index (χ0v) is 17.5. The lowest BCUT2D eigenvalue weighted by Crippen LogP contribution is -2.33. The number of carbonyl (C=O) groups is 2. The van der Waals surface area contributed by atoms with Gasteiger partial charge in [0.15, 0.2) is 0 Å². The van der Waals surface area contributed by atoms with Gasteiger partial charge in [-0.25, -0.2) is 18.4 Å². The fraction of sp³-hybridized carbons (Fsp3) is 0.263. The van der Waals surface area contributed by atoms with E-state index >= 15 is 0 Å². The topological polar surface area (TPSA) is 61.9 Å². The molecule has 3 amide bonds. The van der Waals surface area contributed by atoms with Crippen molar-refractivity contribution in [2.24, 2.45) is 0 Å². The molecule has 3 rings (SSSR count). The molecule has 1 aliphatic rings. The van der Waals surface area contributed by atoms with Crippen LogP contribution in [0.4, 0.5) is 51.3 Å². The predicted octanol–water partition coefficient (Wildman–Crippen LogP) is 5.28. The van der Waals surface area contributed by atoms with Gasteiger partial charge in [-0.15, -0.1) is 0 Å². The first-order chi connectivity index (χ1) is 15.6. The Morgan fingerprint density at radius 3 is 2.26 bits per heavy atom. The molecule has 2 aromatic rings. The number of halogens is 9. The van der Waals surface area contributed by atoms with E-state index in [9.17, 15) is 44.7 Å². The van der Waals surface area contributed by atoms with E-state index in [1.54, 1.807) is 0 Å². The van der Waals surface area contributed by atoms with Gasteiger partial charge in [0, 0.05) is 18.7 Å². The van der Waals surface area contributed by atoms with Crippen LogP contribution in [0.3, 0.4) is 0 Å². The van der Waals surface area contributed by atoms with Crippen molar-refractivity contribution in [3.8, 4) is 0 Å². The summed E-state index contributed by atoms with van der Waals surface area (Å²) in [5.41, 5.74) is -6.24. The summed E-state index contributed by atoms with van der Waals surface area (Å²) >= 11 is 5.56. The molecule has 15 heteroatoms. The lowest BCUT2D eigenvalue weighted by atomic mass is 9.97. The van der Waals surface area contributed by atoms with Gasteiger partial charge < -0.3 is 10.2 Å². The average molecular weight is 518 g/mol. The molecule has 0 spiro atoms. The molecule has 6 nitrogen and oxygen atoms in total. The van der Waals surface area contributed by atoms with Crippen LogP contribution in [0.2, 0.25) is 5.02 Å². The molecule has 0 saturated carbocycles. The van der Waals surface area contributed by atoms with Crippen molar-refractivity contribution in [2.75, 3.05) is 23.7 Å². The first-order valence-electron chi connectivity index (χ1n) is 9.04. The van der Waals surface area contributed by atoms with Gasteiger partial charge >= 0.3 is 18.4 Å². The van der Waals surface area contributed by atoms with Crippen LogP contribution >= 0.6 is 11.6 Å². The van der Waals surface area contributed by atoms with Gasteiger partial charge in [0.1, 0.15) is 18.4 Å². The number of benzene rings is 2. The summed E-state index contributed by atoms with van der Waals surface area (Å²) in [7, 11) is 0.936. The van der Waals surface area contributed by atoms with E-state index in [0.717, 1.165) is 7.05 Å². The molecule has 0 atom stereocenters. The number of likely N-dealkylation sites (N-methyl/N-ethyl adjacent to an activating group) is 1. The number of hydroxylamine groups is 1. The third-order valence-corrected chi connectivity index (χ3v) is 5.02. The van der Waals surface area contributed by atoms with Gasteiger partial charge in [0.05, 0.1) is 33.9 Å². The number of anilines is 2. The minimum atomic E-state index is -5.38. The molecule has 1 heterocycles. The van der Waals surface area contributed by atoms with E-state index < -0.39 is 82.2 Å². The third-order valence-electron chi connectivity index (χ3n) is 4.73. The van der Waals surface area contributed by atoms with Crippen molar-refractivity contribution in [1.29, 1.82) is 0 Å². The maximum atomic E-state index is 14.1. The summed E-state index contributed by atoms with van der Waals surface area (Å²) in [5.74, 6) is -3.68. The molecular formula is C19H12ClF8N3O3. The van der Waals surface area contributed by atoms with Crippen molar-refractivity contribution in [1.82, 2.24) is 5.32 Å². The fourth-order valence-corrected chi connectivity index (χ4v) is 3.24. The Bertz CT molecular complexity index is 1150. The van der Waals surface area contributed by atoms with Crippen LogP contribution in [-0.2, 0) is 28.4 Å². The molecule has 0 bridgehead atoms. The molecule has 2 aromatic carbocycles. The zero-order valence-electron chi connectivity index (χ0n) is 16.7. The second kappa shape index (κ2) is 8.91. The smallest absolute Gasteiger partial charge is 0.312 e. The number of alkyl halides is 6. The molecule has 184 valence electrons. The molecule has 1 saturated heterocycles. The molecule has 1 fully saturated rings. The molecule has 1 N–H and O–H groups in total. The minimum Gasteiger partial charge on any atom is -0.312 e. The Labute approximate surface area is 190 Å². The van der Waals surface area contributed by atoms with Crippen LogP contribution in [0.25, 0.3) is 0 Å². The molecule has 0 aliphatic carbocycles. The van der Waals surface area contributed by atoms with Crippen LogP contribution in [0, 0.1) is 11.6 Å². The van der Waals surface area contributed by atoms with Gasteiger partial charge in [0.2, 0.25) is 5.91 Å². The first kappa shape index (κ1) is 25.5. The van der Waals surface area contributed by atoms with Gasteiger partial charge in [-0.1, -0.05) is 11.6 Å². The van der Waals surface area contributed by atoms with Crippen LogP contribution in [0.15, 0.2) is 24.3 Å². The standard InChI is InChI=1S/C19H12ClF8N3O3/c1-30(15-5-11(20)12(21)6-13(15)22)16(32)4-9-10(19(26,27)28)2-8(18(23,24)25)3-14(9)31-17(33)29-7-34-31/h2-3,5-6H,4,7H2,1H3,(H,29,33). The van der Waals surface area contributed by atoms with Crippen molar-refractivity contribution in [2.45, 2.75) is 18.8 Å². The van der Waals surface area contributed by atoms with Gasteiger partial charge in [-0.2, -0.15) is 31.4 Å². The minimum absolute atomic E-state index is 0.155. The predicted molar refractivity (Wildman–Crippen MR) is 102 cm³/mol. The number of hydrogen-bond acceptors (Lipinski definition) is 3. The third kappa shape index (κ3) is 5.01. The first-order valence-corrected chi connectivity index (χ1v) is 9.42. The lowest BCUT2D eigenvalue weighted by Gasteiger charge is -2.25. The van der Waals surface area contributed by atoms with Crippen LogP contribution in [0.5, 0.6) is 0 Å². The van der Waals surface area contributed by atoms with Crippen LogP contribution < -0.4 is 15.3 Å². The Morgan fingerprint density at radius 1 is 1.09 bits per heavy atom. The van der Waals surface area contributed by atoms with Crippen molar-refractivity contribution >= 4 is 34.9 Å². The van der Waals surface area contributed by atoms with Crippen molar-refractivity contribution in [3.05, 3.63) is 57.6 Å². The molecule has 1 aliphatic heterocycles. The molecule has 0 radical (unpaired) electrons. The molecule has 0 aromatic heterocycles. The highest BCUT2D eigenvalue weighted by molar-refractivity contribution is 6.31. The maximum absolute atomic E-state index is 14.1. The number of urea groups is 1. The van der Waals surface area contributed by atoms with E-state index in [0.29, 0.717) is 17.0 Å². The van der Waals surface area contributed by atoms with E-state index in [2.05, 4.69) is 0 Å². The highest BCUT2D eigenvalue weighted by Gasteiger charge is 2.42. The summed E-state index contributed by atoms with van der Waals surface area (Å²) in [6, 6.07) is -0.118. The highest BCUT2D eigenvalue weighted by Crippen LogP contribution is 2.42. The monoisotopic (exact) mass is 517 g/mol. The number of hydrogen-bond donors (Lipinski definition) is 1. The SMILES string of the molecule is CN(C(=O)Cc1c(N2OCNC2=O)cc(C(F)(F)F)cc1C(F)(F)F)c1cc(Cl)c(F)cc1F. The Balaban J connectivity index is 2.15. The number of carbonyl (C=O) groups excluding carboxylic acids is 2. The fourth-order valence-electron chi connectivity index (χ4n) is 3.08. The summed E-state index contributed by atoms with van der Waals surface area (Å²) in [5, 5.41) is 1.60. The maximum Gasteiger partial charge on any atom is 0.416 e. The molecule has 0 unspecified atom stereocenters. The summed E-state index contributed by atoms with van der Waals surface area (Å²) in [6.45, 7) is -0.553. The second-order valence-corrected chi connectivity index (χ2v) is 7.32. The zero-order chi connectivity index (χ0) is 25.6. The van der Waals surface area contributed by atoms with Crippen molar-refractivity contribution in [3.63, 3.8) is 0 Å². The van der Waals surface area contributed by atoms with Gasteiger partial charge in [0.25, 0.3) is 0 Å². The van der Waals surface area contributed by atoms with E-state index in [-0.39, 0.29) is 17.2 Å². The summed E-state index contributed by atoms with van der Waals surface area (Å²) < 4.78 is 109. The summed E-state index contributed by atoms with van der Waals surface area (Å²) in [6.07, 6.45) is -11.9. The number of nitrogens with one attached hydrogen (secondary N) is 1. The van der Waals surface area contributed by atoms with E-state index in [1.807, 2.05) is 5.32 Å². The number of nitrogens with zero attached hydrogens (tertiary/aromatic N) is 2. The second-order valence-electron chi connectivity index (χ2n) is 6.91.